The number of methoxy groups -OCH3 is 1. The number of nitrogens with zero attached hydrogens (tertiary/aromatic N) is 2. The fourth-order valence-electron chi connectivity index (χ4n) is 2.41. The van der Waals surface area contributed by atoms with Crippen molar-refractivity contribution < 1.29 is 13.9 Å². The van der Waals surface area contributed by atoms with Gasteiger partial charge in [0, 0.05) is 29.9 Å². The molecule has 0 aliphatic heterocycles. The van der Waals surface area contributed by atoms with Gasteiger partial charge in [0.05, 0.1) is 18.6 Å². The Morgan fingerprint density at radius 2 is 2.16 bits per heavy atom. The van der Waals surface area contributed by atoms with Crippen molar-refractivity contribution in [3.63, 3.8) is 0 Å². The summed E-state index contributed by atoms with van der Waals surface area (Å²) in [6, 6.07) is 8.31. The summed E-state index contributed by atoms with van der Waals surface area (Å²) in [5.74, 6) is 0.350. The van der Waals surface area contributed by atoms with Gasteiger partial charge in [0.2, 0.25) is 5.91 Å². The number of hydrogen-bond acceptors (Lipinski definition) is 4. The number of thioether (sulfide) groups is 1. The molecule has 0 aliphatic carbocycles. The van der Waals surface area contributed by atoms with E-state index in [1.807, 2.05) is 35.9 Å². The molecule has 0 unspecified atom stereocenters. The molecule has 2 heterocycles. The van der Waals surface area contributed by atoms with E-state index in [-0.39, 0.29) is 17.4 Å². The van der Waals surface area contributed by atoms with Crippen LogP contribution >= 0.6 is 11.8 Å². The largest absolute Gasteiger partial charge is 0.494 e. The van der Waals surface area contributed by atoms with Gasteiger partial charge in [-0.15, -0.1) is 11.8 Å². The number of fused-ring (bicyclic) bond motifs is 1. The van der Waals surface area contributed by atoms with Gasteiger partial charge in [-0.1, -0.05) is 6.07 Å². The summed E-state index contributed by atoms with van der Waals surface area (Å²) in [7, 11) is 1.40. The number of imidazole rings is 1. The van der Waals surface area contributed by atoms with Gasteiger partial charge in [-0.05, 0) is 30.7 Å². The number of pyridine rings is 1. The van der Waals surface area contributed by atoms with Crippen LogP contribution in [0, 0.1) is 12.7 Å². The molecule has 0 bridgehead atoms. The molecule has 0 fully saturated rings. The van der Waals surface area contributed by atoms with E-state index in [9.17, 15) is 9.18 Å². The number of nitrogens with one attached hydrogen (secondary N) is 1. The number of rotatable bonds is 6. The number of hydrogen-bond donors (Lipinski definition) is 1. The maximum atomic E-state index is 13.6. The highest BCUT2D eigenvalue weighted by atomic mass is 32.2. The average molecular weight is 359 g/mol. The molecule has 1 amide bonds. The van der Waals surface area contributed by atoms with Crippen LogP contribution in [-0.2, 0) is 10.5 Å². The van der Waals surface area contributed by atoms with Crippen LogP contribution in [0.3, 0.4) is 0 Å². The van der Waals surface area contributed by atoms with Crippen LogP contribution in [0.4, 0.5) is 10.1 Å². The van der Waals surface area contributed by atoms with Crippen LogP contribution in [0.25, 0.3) is 5.65 Å². The first-order chi connectivity index (χ1) is 12.0. The number of carbonyl (C=O) groups is 1. The number of halogens is 1. The topological polar surface area (TPSA) is 55.6 Å². The minimum atomic E-state index is -0.507. The van der Waals surface area contributed by atoms with E-state index in [2.05, 4.69) is 10.3 Å². The Morgan fingerprint density at radius 3 is 2.92 bits per heavy atom. The van der Waals surface area contributed by atoms with Crippen LogP contribution in [0.5, 0.6) is 5.75 Å². The highest BCUT2D eigenvalue weighted by molar-refractivity contribution is 7.99. The molecule has 25 heavy (non-hydrogen) atoms. The Labute approximate surface area is 149 Å². The molecule has 5 nitrogen and oxygen atoms in total. The van der Waals surface area contributed by atoms with Crippen molar-refractivity contribution in [1.82, 2.24) is 9.38 Å². The Kier molecular flexibility index (Phi) is 5.23. The van der Waals surface area contributed by atoms with Crippen LogP contribution in [0.2, 0.25) is 0 Å². The predicted octanol–water partition coefficient (Wildman–Crippen LogP) is 3.66. The predicted molar refractivity (Wildman–Crippen MR) is 97.7 cm³/mol. The van der Waals surface area contributed by atoms with Crippen molar-refractivity contribution in [2.24, 2.45) is 0 Å². The zero-order valence-electron chi connectivity index (χ0n) is 14.0. The van der Waals surface area contributed by atoms with E-state index < -0.39 is 5.82 Å². The lowest BCUT2D eigenvalue weighted by Gasteiger charge is -2.07. The lowest BCUT2D eigenvalue weighted by atomic mass is 10.3. The smallest absolute Gasteiger partial charge is 0.234 e. The molecule has 2 aromatic heterocycles. The zero-order chi connectivity index (χ0) is 17.8. The Morgan fingerprint density at radius 1 is 1.32 bits per heavy atom. The van der Waals surface area contributed by atoms with Crippen molar-refractivity contribution in [1.29, 1.82) is 0 Å². The fraction of sp³-hybridized carbons (Fsp3) is 0.222. The third-order valence-electron chi connectivity index (χ3n) is 3.57. The first-order valence-corrected chi connectivity index (χ1v) is 8.86. The maximum absolute atomic E-state index is 13.6. The fourth-order valence-corrected chi connectivity index (χ4v) is 3.12. The van der Waals surface area contributed by atoms with E-state index in [1.165, 1.54) is 31.0 Å². The van der Waals surface area contributed by atoms with E-state index in [1.54, 1.807) is 6.07 Å². The Bertz CT molecular complexity index is 910. The second-order valence-corrected chi connectivity index (χ2v) is 6.58. The molecule has 0 atom stereocenters. The van der Waals surface area contributed by atoms with Gasteiger partial charge in [0.25, 0.3) is 0 Å². The van der Waals surface area contributed by atoms with Gasteiger partial charge in [-0.2, -0.15) is 0 Å². The first kappa shape index (κ1) is 17.3. The number of benzene rings is 1. The molecule has 0 spiro atoms. The highest BCUT2D eigenvalue weighted by Crippen LogP contribution is 2.21. The van der Waals surface area contributed by atoms with Crippen molar-refractivity contribution in [3.8, 4) is 5.75 Å². The lowest BCUT2D eigenvalue weighted by molar-refractivity contribution is -0.113. The molecule has 0 aliphatic rings. The monoisotopic (exact) mass is 359 g/mol. The minimum Gasteiger partial charge on any atom is -0.494 e. The van der Waals surface area contributed by atoms with Gasteiger partial charge in [0.1, 0.15) is 5.65 Å². The summed E-state index contributed by atoms with van der Waals surface area (Å²) in [4.78, 5) is 16.5. The molecule has 1 aromatic carbocycles. The average Bonchev–Trinajstić information content (AvgIpc) is 2.96. The quantitative estimate of drug-likeness (QED) is 0.730. The second-order valence-electron chi connectivity index (χ2n) is 5.59. The summed E-state index contributed by atoms with van der Waals surface area (Å²) < 4.78 is 20.4. The molecule has 1 N–H and O–H groups in total. The minimum absolute atomic E-state index is 0.148. The highest BCUT2D eigenvalue weighted by Gasteiger charge is 2.08. The molecular formula is C18H18FN3O2S. The van der Waals surface area contributed by atoms with Gasteiger partial charge >= 0.3 is 0 Å². The van der Waals surface area contributed by atoms with Gasteiger partial charge < -0.3 is 14.5 Å². The van der Waals surface area contributed by atoms with Gasteiger partial charge in [-0.25, -0.2) is 9.37 Å². The Balaban J connectivity index is 1.52. The summed E-state index contributed by atoms with van der Waals surface area (Å²) in [5, 5.41) is 2.67. The normalized spacial score (nSPS) is 10.8. The lowest BCUT2D eigenvalue weighted by Crippen LogP contribution is -2.14. The number of aryl methyl sites for hydroxylation is 1. The van der Waals surface area contributed by atoms with Crippen molar-refractivity contribution in [3.05, 3.63) is 59.8 Å². The summed E-state index contributed by atoms with van der Waals surface area (Å²) in [5.41, 5.74) is 3.38. The number of carbonyl (C=O) groups excluding carboxylic acids is 1. The van der Waals surface area contributed by atoms with Crippen molar-refractivity contribution >= 4 is 29.0 Å². The molecule has 130 valence electrons. The maximum Gasteiger partial charge on any atom is 0.234 e. The summed E-state index contributed by atoms with van der Waals surface area (Å²) in [6.07, 6.45) is 3.98. The van der Waals surface area contributed by atoms with E-state index >= 15 is 0 Å². The number of aromatic nitrogens is 2. The van der Waals surface area contributed by atoms with Crippen LogP contribution in [0.15, 0.2) is 42.7 Å². The van der Waals surface area contributed by atoms with Crippen molar-refractivity contribution in [2.45, 2.75) is 12.7 Å². The molecular weight excluding hydrogens is 341 g/mol. The standard InChI is InChI=1S/C18H18FN3O2S/c1-12-3-6-17-20-14(9-22(17)8-12)10-25-11-18(23)21-13-4-5-16(24-2)15(19)7-13/h3-9H,10-11H2,1-2H3,(H,21,23). The molecule has 0 radical (unpaired) electrons. The Hall–Kier alpha value is -2.54. The van der Waals surface area contributed by atoms with Gasteiger partial charge in [-0.3, -0.25) is 4.79 Å². The van der Waals surface area contributed by atoms with E-state index in [0.29, 0.717) is 11.4 Å². The third-order valence-corrected chi connectivity index (χ3v) is 4.53. The first-order valence-electron chi connectivity index (χ1n) is 7.70. The van der Waals surface area contributed by atoms with E-state index in [4.69, 9.17) is 4.74 Å². The van der Waals surface area contributed by atoms with Gasteiger partial charge in [0.15, 0.2) is 11.6 Å². The molecule has 3 rings (SSSR count). The second kappa shape index (κ2) is 7.57. The summed E-state index contributed by atoms with van der Waals surface area (Å²) >= 11 is 1.46. The molecule has 0 saturated carbocycles. The SMILES string of the molecule is COc1ccc(NC(=O)CSCc2cn3cc(C)ccc3n2)cc1F. The molecule has 3 aromatic rings. The number of ether oxygens (including phenoxy) is 1. The van der Waals surface area contributed by atoms with Crippen LogP contribution in [0.1, 0.15) is 11.3 Å². The zero-order valence-corrected chi connectivity index (χ0v) is 14.8. The number of anilines is 1. The third kappa shape index (κ3) is 4.30. The van der Waals surface area contributed by atoms with E-state index in [0.717, 1.165) is 16.9 Å². The summed E-state index contributed by atoms with van der Waals surface area (Å²) in [6.45, 7) is 2.03. The van der Waals surface area contributed by atoms with Crippen LogP contribution in [-0.4, -0.2) is 28.2 Å². The molecule has 7 heteroatoms. The number of amides is 1. The van der Waals surface area contributed by atoms with Crippen LogP contribution < -0.4 is 10.1 Å². The molecule has 0 saturated heterocycles. The van der Waals surface area contributed by atoms with Crippen molar-refractivity contribution in [2.75, 3.05) is 18.2 Å².